The molecule has 1 saturated heterocycles. The van der Waals surface area contributed by atoms with Gasteiger partial charge in [0.15, 0.2) is 0 Å². The number of rotatable bonds is 4. The Balaban J connectivity index is 1.97. The predicted octanol–water partition coefficient (Wildman–Crippen LogP) is 1.04. The highest BCUT2D eigenvalue weighted by Gasteiger charge is 2.17. The van der Waals surface area contributed by atoms with Crippen molar-refractivity contribution < 1.29 is 14.3 Å². The van der Waals surface area contributed by atoms with Crippen LogP contribution < -0.4 is 15.8 Å². The lowest BCUT2D eigenvalue weighted by Crippen LogP contribution is -2.29. The maximum absolute atomic E-state index is 12.0. The second kappa shape index (κ2) is 5.73. The summed E-state index contributed by atoms with van der Waals surface area (Å²) in [4.78, 5) is 12.0. The van der Waals surface area contributed by atoms with Crippen LogP contribution >= 0.6 is 0 Å². The molecule has 3 N–H and O–H groups in total. The smallest absolute Gasteiger partial charge is 0.251 e. The van der Waals surface area contributed by atoms with Crippen molar-refractivity contribution in [3.05, 3.63) is 23.8 Å². The van der Waals surface area contributed by atoms with Crippen molar-refractivity contribution in [2.45, 2.75) is 6.42 Å². The Morgan fingerprint density at radius 3 is 3.06 bits per heavy atom. The minimum atomic E-state index is -0.132. The highest BCUT2D eigenvalue weighted by atomic mass is 16.5. The summed E-state index contributed by atoms with van der Waals surface area (Å²) < 4.78 is 10.3. The molecular weight excluding hydrogens is 232 g/mol. The summed E-state index contributed by atoms with van der Waals surface area (Å²) in [5.74, 6) is 0.869. The molecule has 1 aromatic rings. The van der Waals surface area contributed by atoms with Gasteiger partial charge in [-0.25, -0.2) is 0 Å². The Bertz CT molecular complexity index is 428. The molecule has 98 valence electrons. The summed E-state index contributed by atoms with van der Waals surface area (Å²) in [7, 11) is 1.55. The van der Waals surface area contributed by atoms with E-state index in [0.717, 1.165) is 19.6 Å². The number of nitrogens with two attached hydrogens (primary N) is 1. The monoisotopic (exact) mass is 250 g/mol. The van der Waals surface area contributed by atoms with Crippen molar-refractivity contribution in [1.82, 2.24) is 5.32 Å². The third-order valence-electron chi connectivity index (χ3n) is 3.00. The molecule has 2 rings (SSSR count). The topological polar surface area (TPSA) is 73.6 Å². The number of hydrogen-bond acceptors (Lipinski definition) is 4. The number of anilines is 1. The summed E-state index contributed by atoms with van der Waals surface area (Å²) in [5, 5.41) is 2.89. The van der Waals surface area contributed by atoms with Crippen molar-refractivity contribution in [3.8, 4) is 5.75 Å². The van der Waals surface area contributed by atoms with Crippen LogP contribution in [0.3, 0.4) is 0 Å². The SMILES string of the molecule is COc1cc(N)cc(C(=O)NCC2CCOC2)c1. The molecule has 5 heteroatoms. The molecule has 1 unspecified atom stereocenters. The fraction of sp³-hybridized carbons (Fsp3) is 0.462. The molecule has 1 aromatic carbocycles. The van der Waals surface area contributed by atoms with Crippen LogP contribution in [-0.4, -0.2) is 32.8 Å². The van der Waals surface area contributed by atoms with Gasteiger partial charge in [-0.05, 0) is 18.6 Å². The number of carbonyl (C=O) groups is 1. The first-order chi connectivity index (χ1) is 8.69. The normalized spacial score (nSPS) is 18.6. The van der Waals surface area contributed by atoms with Crippen LogP contribution in [0.1, 0.15) is 16.8 Å². The molecule has 1 heterocycles. The van der Waals surface area contributed by atoms with E-state index in [9.17, 15) is 4.79 Å². The molecule has 1 aliphatic rings. The molecule has 1 atom stereocenters. The van der Waals surface area contributed by atoms with E-state index in [-0.39, 0.29) is 5.91 Å². The number of nitrogens with one attached hydrogen (secondary N) is 1. The zero-order chi connectivity index (χ0) is 13.0. The van der Waals surface area contributed by atoms with Crippen LogP contribution in [0, 0.1) is 5.92 Å². The number of carbonyl (C=O) groups excluding carboxylic acids is 1. The molecule has 1 amide bonds. The van der Waals surface area contributed by atoms with E-state index in [2.05, 4.69) is 5.32 Å². The zero-order valence-corrected chi connectivity index (χ0v) is 10.4. The Morgan fingerprint density at radius 2 is 2.39 bits per heavy atom. The van der Waals surface area contributed by atoms with Crippen LogP contribution in [0.25, 0.3) is 0 Å². The van der Waals surface area contributed by atoms with Crippen LogP contribution in [0.4, 0.5) is 5.69 Å². The first-order valence-electron chi connectivity index (χ1n) is 5.99. The maximum Gasteiger partial charge on any atom is 0.251 e. The van der Waals surface area contributed by atoms with Crippen LogP contribution in [0.2, 0.25) is 0 Å². The molecular formula is C13H18N2O3. The minimum absolute atomic E-state index is 0.132. The van der Waals surface area contributed by atoms with E-state index < -0.39 is 0 Å². The van der Waals surface area contributed by atoms with Crippen LogP contribution in [-0.2, 0) is 4.74 Å². The molecule has 0 radical (unpaired) electrons. The average molecular weight is 250 g/mol. The highest BCUT2D eigenvalue weighted by molar-refractivity contribution is 5.95. The Hall–Kier alpha value is -1.75. The second-order valence-corrected chi connectivity index (χ2v) is 4.43. The third kappa shape index (κ3) is 3.13. The first kappa shape index (κ1) is 12.7. The van der Waals surface area contributed by atoms with Gasteiger partial charge in [0.25, 0.3) is 5.91 Å². The summed E-state index contributed by atoms with van der Waals surface area (Å²) in [5.41, 5.74) is 6.75. The van der Waals surface area contributed by atoms with Crippen molar-refractivity contribution in [1.29, 1.82) is 0 Å². The van der Waals surface area contributed by atoms with Gasteiger partial charge in [0.2, 0.25) is 0 Å². The number of amides is 1. The van der Waals surface area contributed by atoms with Gasteiger partial charge in [-0.15, -0.1) is 0 Å². The summed E-state index contributed by atoms with van der Waals surface area (Å²) in [6.07, 6.45) is 1.00. The van der Waals surface area contributed by atoms with E-state index in [1.807, 2.05) is 0 Å². The van der Waals surface area contributed by atoms with Gasteiger partial charge in [-0.1, -0.05) is 0 Å². The summed E-state index contributed by atoms with van der Waals surface area (Å²) >= 11 is 0. The predicted molar refractivity (Wildman–Crippen MR) is 68.7 cm³/mol. The fourth-order valence-electron chi connectivity index (χ4n) is 1.95. The van der Waals surface area contributed by atoms with Crippen LogP contribution in [0.5, 0.6) is 5.75 Å². The fourth-order valence-corrected chi connectivity index (χ4v) is 1.95. The van der Waals surface area contributed by atoms with Gasteiger partial charge in [-0.3, -0.25) is 4.79 Å². The molecule has 18 heavy (non-hydrogen) atoms. The molecule has 0 saturated carbocycles. The molecule has 0 spiro atoms. The Morgan fingerprint density at radius 1 is 1.56 bits per heavy atom. The van der Waals surface area contributed by atoms with Crippen molar-refractivity contribution in [2.75, 3.05) is 32.6 Å². The van der Waals surface area contributed by atoms with Crippen molar-refractivity contribution in [3.63, 3.8) is 0 Å². The summed E-state index contributed by atoms with van der Waals surface area (Å²) in [6, 6.07) is 5.00. The number of nitrogen functional groups attached to an aromatic ring is 1. The van der Waals surface area contributed by atoms with Crippen molar-refractivity contribution >= 4 is 11.6 Å². The highest BCUT2D eigenvalue weighted by Crippen LogP contribution is 2.18. The van der Waals surface area contributed by atoms with E-state index in [1.54, 1.807) is 25.3 Å². The lowest BCUT2D eigenvalue weighted by atomic mass is 10.1. The first-order valence-corrected chi connectivity index (χ1v) is 5.99. The zero-order valence-electron chi connectivity index (χ0n) is 10.4. The van der Waals surface area contributed by atoms with Gasteiger partial charge in [0.05, 0.1) is 13.7 Å². The lowest BCUT2D eigenvalue weighted by Gasteiger charge is -2.10. The standard InChI is InChI=1S/C13H18N2O3/c1-17-12-5-10(4-11(14)6-12)13(16)15-7-9-2-3-18-8-9/h4-6,9H,2-3,7-8,14H2,1H3,(H,15,16). The number of methoxy groups -OCH3 is 1. The van der Waals surface area contributed by atoms with Gasteiger partial charge in [0.1, 0.15) is 5.75 Å². The van der Waals surface area contributed by atoms with Crippen LogP contribution in [0.15, 0.2) is 18.2 Å². The maximum atomic E-state index is 12.0. The minimum Gasteiger partial charge on any atom is -0.497 e. The van der Waals surface area contributed by atoms with E-state index in [0.29, 0.717) is 29.5 Å². The van der Waals surface area contributed by atoms with Gasteiger partial charge < -0.3 is 20.5 Å². The van der Waals surface area contributed by atoms with E-state index in [4.69, 9.17) is 15.2 Å². The average Bonchev–Trinajstić information content (AvgIpc) is 2.88. The van der Waals surface area contributed by atoms with E-state index in [1.165, 1.54) is 0 Å². The second-order valence-electron chi connectivity index (χ2n) is 4.43. The molecule has 1 aliphatic heterocycles. The number of benzene rings is 1. The summed E-state index contributed by atoms with van der Waals surface area (Å²) in [6.45, 7) is 2.14. The van der Waals surface area contributed by atoms with Crippen molar-refractivity contribution in [2.24, 2.45) is 5.92 Å². The molecule has 0 aliphatic carbocycles. The molecule has 1 fully saturated rings. The molecule has 5 nitrogen and oxygen atoms in total. The van der Waals surface area contributed by atoms with Gasteiger partial charge in [0, 0.05) is 36.4 Å². The lowest BCUT2D eigenvalue weighted by molar-refractivity contribution is 0.0944. The molecule has 0 bridgehead atoms. The Labute approximate surface area is 106 Å². The number of ether oxygens (including phenoxy) is 2. The quantitative estimate of drug-likeness (QED) is 0.783. The largest absolute Gasteiger partial charge is 0.497 e. The van der Waals surface area contributed by atoms with Gasteiger partial charge >= 0.3 is 0 Å². The Kier molecular flexibility index (Phi) is 4.04. The third-order valence-corrected chi connectivity index (χ3v) is 3.00. The van der Waals surface area contributed by atoms with E-state index >= 15 is 0 Å². The molecule has 0 aromatic heterocycles. The van der Waals surface area contributed by atoms with Gasteiger partial charge in [-0.2, -0.15) is 0 Å². The number of hydrogen-bond donors (Lipinski definition) is 2.